The van der Waals surface area contributed by atoms with Crippen LogP contribution in [0.5, 0.6) is 0 Å². The summed E-state index contributed by atoms with van der Waals surface area (Å²) in [4.78, 5) is 0. The molecule has 1 rings (SSSR count). The van der Waals surface area contributed by atoms with Crippen LogP contribution in [0.4, 0.5) is 0 Å². The summed E-state index contributed by atoms with van der Waals surface area (Å²) in [7, 11) is 0. The van der Waals surface area contributed by atoms with E-state index < -0.39 is 0 Å². The quantitative estimate of drug-likeness (QED) is 0.748. The Morgan fingerprint density at radius 3 is 2.58 bits per heavy atom. The molecule has 0 amide bonds. The number of halogens is 1. The van der Waals surface area contributed by atoms with E-state index >= 15 is 0 Å². The third-order valence-corrected chi connectivity index (χ3v) is 2.19. The fourth-order valence-corrected chi connectivity index (χ4v) is 1.40. The van der Waals surface area contributed by atoms with Crippen LogP contribution in [0.1, 0.15) is 11.5 Å². The molecule has 0 saturated heterocycles. The number of aliphatic hydroxyl groups excluding tert-OH is 1. The van der Waals surface area contributed by atoms with E-state index in [4.69, 9.17) is 22.4 Å². The summed E-state index contributed by atoms with van der Waals surface area (Å²) in [6.07, 6.45) is 0. The number of aliphatic hydroxyl groups is 1. The molecule has 0 aliphatic carbocycles. The molecule has 12 heavy (non-hydrogen) atoms. The smallest absolute Gasteiger partial charge is 0.0512 e. The van der Waals surface area contributed by atoms with Gasteiger partial charge in [0, 0.05) is 17.5 Å². The van der Waals surface area contributed by atoms with Crippen molar-refractivity contribution in [3.8, 4) is 0 Å². The van der Waals surface area contributed by atoms with E-state index in [2.05, 4.69) is 0 Å². The maximum absolute atomic E-state index is 8.97. The molecule has 0 spiro atoms. The Kier molecular flexibility index (Phi) is 3.53. The highest BCUT2D eigenvalue weighted by molar-refractivity contribution is 6.31. The van der Waals surface area contributed by atoms with Crippen molar-refractivity contribution in [2.75, 3.05) is 13.2 Å². The Morgan fingerprint density at radius 2 is 2.08 bits per heavy atom. The van der Waals surface area contributed by atoms with Gasteiger partial charge in [-0.25, -0.2) is 0 Å². The average molecular weight is 186 g/mol. The van der Waals surface area contributed by atoms with E-state index in [1.807, 2.05) is 18.2 Å². The van der Waals surface area contributed by atoms with Crippen LogP contribution in [0.2, 0.25) is 5.02 Å². The second-order valence-electron chi connectivity index (χ2n) is 2.64. The van der Waals surface area contributed by atoms with Crippen LogP contribution >= 0.6 is 11.6 Å². The van der Waals surface area contributed by atoms with Crippen molar-refractivity contribution in [1.82, 2.24) is 0 Å². The van der Waals surface area contributed by atoms with Gasteiger partial charge in [-0.15, -0.1) is 0 Å². The summed E-state index contributed by atoms with van der Waals surface area (Å²) in [5.74, 6) is -0.0429. The SMILES string of the molecule is NC[C@H](CO)c1ccccc1Cl. The van der Waals surface area contributed by atoms with Crippen LogP contribution < -0.4 is 5.73 Å². The van der Waals surface area contributed by atoms with Crippen LogP contribution in [0, 0.1) is 0 Å². The normalized spacial score (nSPS) is 12.9. The van der Waals surface area contributed by atoms with Crippen molar-refractivity contribution in [3.63, 3.8) is 0 Å². The number of hydrogen-bond acceptors (Lipinski definition) is 2. The van der Waals surface area contributed by atoms with Crippen LogP contribution in [0.3, 0.4) is 0 Å². The molecule has 0 aliphatic rings. The molecular formula is C9H12ClNO. The molecule has 3 N–H and O–H groups in total. The zero-order chi connectivity index (χ0) is 8.97. The highest BCUT2D eigenvalue weighted by Gasteiger charge is 2.10. The molecule has 2 nitrogen and oxygen atoms in total. The molecule has 3 heteroatoms. The third kappa shape index (κ3) is 1.97. The minimum Gasteiger partial charge on any atom is -0.396 e. The van der Waals surface area contributed by atoms with Gasteiger partial charge in [0.1, 0.15) is 0 Å². The van der Waals surface area contributed by atoms with Crippen molar-refractivity contribution in [1.29, 1.82) is 0 Å². The minimum absolute atomic E-state index is 0.0419. The zero-order valence-corrected chi connectivity index (χ0v) is 7.46. The lowest BCUT2D eigenvalue weighted by Gasteiger charge is -2.12. The second-order valence-corrected chi connectivity index (χ2v) is 3.04. The molecule has 0 bridgehead atoms. The molecule has 0 aliphatic heterocycles. The van der Waals surface area contributed by atoms with Gasteiger partial charge in [-0.3, -0.25) is 0 Å². The summed E-state index contributed by atoms with van der Waals surface area (Å²) >= 11 is 5.91. The zero-order valence-electron chi connectivity index (χ0n) is 6.70. The van der Waals surface area contributed by atoms with Crippen LogP contribution in [0.15, 0.2) is 24.3 Å². The summed E-state index contributed by atoms with van der Waals surface area (Å²) in [5, 5.41) is 9.63. The molecule has 0 radical (unpaired) electrons. The van der Waals surface area contributed by atoms with E-state index in [-0.39, 0.29) is 12.5 Å². The number of benzene rings is 1. The fraction of sp³-hybridized carbons (Fsp3) is 0.333. The lowest BCUT2D eigenvalue weighted by molar-refractivity contribution is 0.268. The largest absolute Gasteiger partial charge is 0.396 e. The highest BCUT2D eigenvalue weighted by Crippen LogP contribution is 2.22. The Labute approximate surface area is 77.0 Å². The van der Waals surface area contributed by atoms with Gasteiger partial charge in [0.2, 0.25) is 0 Å². The Bertz CT molecular complexity index is 248. The molecule has 0 heterocycles. The first kappa shape index (κ1) is 9.52. The predicted molar refractivity (Wildman–Crippen MR) is 50.3 cm³/mol. The predicted octanol–water partition coefficient (Wildman–Crippen LogP) is 1.37. The van der Waals surface area contributed by atoms with Crippen LogP contribution in [0.25, 0.3) is 0 Å². The van der Waals surface area contributed by atoms with Gasteiger partial charge < -0.3 is 10.8 Å². The summed E-state index contributed by atoms with van der Waals surface area (Å²) < 4.78 is 0. The highest BCUT2D eigenvalue weighted by atomic mass is 35.5. The molecule has 1 aromatic rings. The number of hydrogen-bond donors (Lipinski definition) is 2. The van der Waals surface area contributed by atoms with Crippen molar-refractivity contribution in [2.45, 2.75) is 5.92 Å². The Balaban J connectivity index is 2.92. The molecule has 1 atom stereocenters. The molecular weight excluding hydrogens is 174 g/mol. The number of nitrogens with two attached hydrogens (primary N) is 1. The maximum atomic E-state index is 8.97. The van der Waals surface area contributed by atoms with Gasteiger partial charge in [-0.05, 0) is 11.6 Å². The monoisotopic (exact) mass is 185 g/mol. The molecule has 0 fully saturated rings. The first-order valence-electron chi connectivity index (χ1n) is 3.85. The van der Waals surface area contributed by atoms with Crippen molar-refractivity contribution in [2.24, 2.45) is 5.73 Å². The first-order valence-corrected chi connectivity index (χ1v) is 4.22. The van der Waals surface area contributed by atoms with Crippen LogP contribution in [-0.4, -0.2) is 18.3 Å². The third-order valence-electron chi connectivity index (χ3n) is 1.85. The average Bonchev–Trinajstić information content (AvgIpc) is 2.10. The Morgan fingerprint density at radius 1 is 1.42 bits per heavy atom. The van der Waals surface area contributed by atoms with Crippen LogP contribution in [-0.2, 0) is 0 Å². The second kappa shape index (κ2) is 4.45. The van der Waals surface area contributed by atoms with E-state index in [1.54, 1.807) is 6.07 Å². The first-order chi connectivity index (χ1) is 5.79. The van der Waals surface area contributed by atoms with Gasteiger partial charge in [-0.1, -0.05) is 29.8 Å². The van der Waals surface area contributed by atoms with Crippen molar-refractivity contribution in [3.05, 3.63) is 34.9 Å². The summed E-state index contributed by atoms with van der Waals surface area (Å²) in [5.41, 5.74) is 6.39. The van der Waals surface area contributed by atoms with Gasteiger partial charge in [0.15, 0.2) is 0 Å². The number of rotatable bonds is 3. The summed E-state index contributed by atoms with van der Waals surface area (Å²) in [6, 6.07) is 7.43. The molecule has 0 saturated carbocycles. The van der Waals surface area contributed by atoms with E-state index in [9.17, 15) is 0 Å². The van der Waals surface area contributed by atoms with E-state index in [1.165, 1.54) is 0 Å². The topological polar surface area (TPSA) is 46.2 Å². The van der Waals surface area contributed by atoms with E-state index in [0.717, 1.165) is 5.56 Å². The van der Waals surface area contributed by atoms with Gasteiger partial charge >= 0.3 is 0 Å². The fourth-order valence-electron chi connectivity index (χ4n) is 1.11. The lowest BCUT2D eigenvalue weighted by Crippen LogP contribution is -2.16. The van der Waals surface area contributed by atoms with Gasteiger partial charge in [0.05, 0.1) is 6.61 Å². The van der Waals surface area contributed by atoms with Crippen molar-refractivity contribution >= 4 is 11.6 Å². The summed E-state index contributed by atoms with van der Waals surface area (Å²) in [6.45, 7) is 0.459. The Hall–Kier alpha value is -0.570. The maximum Gasteiger partial charge on any atom is 0.0512 e. The molecule has 0 aromatic heterocycles. The lowest BCUT2D eigenvalue weighted by atomic mass is 10.0. The van der Waals surface area contributed by atoms with E-state index in [0.29, 0.717) is 11.6 Å². The standard InChI is InChI=1S/C9H12ClNO/c10-9-4-2-1-3-8(9)7(5-11)6-12/h1-4,7,12H,5-6,11H2/t7-/m1/s1. The molecule has 0 unspecified atom stereocenters. The molecule has 1 aromatic carbocycles. The molecule has 66 valence electrons. The van der Waals surface area contributed by atoms with Gasteiger partial charge in [-0.2, -0.15) is 0 Å². The minimum atomic E-state index is -0.0429. The van der Waals surface area contributed by atoms with Gasteiger partial charge in [0.25, 0.3) is 0 Å². The van der Waals surface area contributed by atoms with Crippen molar-refractivity contribution < 1.29 is 5.11 Å².